The average molecular weight is 1730 g/mol. The van der Waals surface area contributed by atoms with Gasteiger partial charge in [0, 0.05) is 97.4 Å². The van der Waals surface area contributed by atoms with Crippen molar-refractivity contribution in [2.45, 2.75) is 169 Å². The third kappa shape index (κ3) is 26.4. The SMILES string of the molecule is CCN1C(=CC=CC=CC2=[N+](CCCCCC(=O)NC(CSSCCC(=O)NCC#Cc3cn([C@H]4CC(O)[C@@H](COP(=O)(O)OP(=O)(O)OP(=O)(O)O)O4)c4ncnc(N)c34)C(=O)NCCCCCC(=O)NC(CC(=O)O)C(=O)NC(CC(=O)O)C(=O)O)c3ccc(S(=O)(=O)O)cc3C2(C)C)C(C)(C)c2cc(S(=O)(=O)[O-])ccc21. The quantitative estimate of drug-likeness (QED) is 0.00566. The first-order valence-corrected chi connectivity index (χ1v) is 44.9. The van der Waals surface area contributed by atoms with Gasteiger partial charge in [0.15, 0.2) is 5.71 Å². The maximum absolute atomic E-state index is 13.9. The average Bonchev–Trinajstić information content (AvgIpc) is 1.61. The number of phosphoric acid groups is 3. The fraction of sp³-hybridized carbons (Fsp3) is 0.478. The van der Waals surface area contributed by atoms with E-state index in [2.05, 4.69) is 56.2 Å². The van der Waals surface area contributed by atoms with E-state index in [1.165, 1.54) is 56.6 Å². The Morgan fingerprint density at radius 3 is 2.06 bits per heavy atom. The maximum Gasteiger partial charge on any atom is 0.490 e. The molecule has 0 radical (unpaired) electrons. The topological polar surface area (TPSA) is 621 Å². The van der Waals surface area contributed by atoms with Crippen molar-refractivity contribution in [3.8, 4) is 11.8 Å². The Labute approximate surface area is 661 Å². The predicted molar refractivity (Wildman–Crippen MR) is 409 cm³/mol. The van der Waals surface area contributed by atoms with Gasteiger partial charge in [-0.1, -0.05) is 71.9 Å². The molecule has 7 rings (SSSR count). The number of aliphatic hydroxyl groups excluding tert-OH is 1. The number of rotatable bonds is 43. The summed E-state index contributed by atoms with van der Waals surface area (Å²) in [5, 5.41) is 51.1. The molecule has 0 spiro atoms. The number of anilines is 2. The number of fused-ring (bicyclic) bond motifs is 3. The smallest absolute Gasteiger partial charge is 0.490 e. The Kier molecular flexibility index (Phi) is 32.6. The summed E-state index contributed by atoms with van der Waals surface area (Å²) in [6.45, 7) is 9.51. The highest BCUT2D eigenvalue weighted by atomic mass is 33.1. The zero-order valence-electron chi connectivity index (χ0n) is 61.9. The molecule has 8 atom stereocenters. The van der Waals surface area contributed by atoms with E-state index in [0.717, 1.165) is 23.4 Å². The van der Waals surface area contributed by atoms with Crippen molar-refractivity contribution >= 4 is 147 Å². The van der Waals surface area contributed by atoms with Crippen molar-refractivity contribution in [3.05, 3.63) is 102 Å². The number of likely N-dealkylation sites (N-methyl/N-ethyl adjacent to an activating group) is 1. The summed E-state index contributed by atoms with van der Waals surface area (Å²) < 4.78 is 127. The highest BCUT2D eigenvalue weighted by Crippen LogP contribution is 2.66. The molecule has 0 aliphatic carbocycles. The summed E-state index contributed by atoms with van der Waals surface area (Å²) >= 11 is 0. The number of carbonyl (C=O) groups excluding carboxylic acids is 5. The molecule has 6 unspecified atom stereocenters. The number of nitrogens with two attached hydrogens (primary N) is 1. The first-order valence-electron chi connectivity index (χ1n) is 35.0. The van der Waals surface area contributed by atoms with Crippen LogP contribution in [-0.2, 0) is 101 Å². The number of phosphoric ester groups is 1. The molecule has 624 valence electrons. The molecular weight excluding hydrogens is 1640 g/mol. The van der Waals surface area contributed by atoms with E-state index in [4.69, 9.17) is 25.4 Å². The van der Waals surface area contributed by atoms with E-state index < -0.39 is 158 Å². The van der Waals surface area contributed by atoms with Crippen LogP contribution in [-0.4, -0.2) is 213 Å². The van der Waals surface area contributed by atoms with Crippen molar-refractivity contribution < 1.29 is 140 Å². The van der Waals surface area contributed by atoms with Crippen LogP contribution < -0.4 is 37.2 Å². The van der Waals surface area contributed by atoms with Gasteiger partial charge >= 0.3 is 41.4 Å². The van der Waals surface area contributed by atoms with Gasteiger partial charge in [0.2, 0.25) is 35.2 Å². The minimum absolute atomic E-state index is 0.0162. The number of aliphatic hydroxyl groups is 1. The number of unbranched alkanes of at least 4 members (excludes halogenated alkanes) is 4. The standard InChI is InChI=1S/C67H88N11O29P3S4/c1-6-76-48-24-22-41(113(98,99)100)31-43(48)66(2,3)52(76)18-10-7-11-19-53-67(4,5)44-32-42(114(101,102)103)23-25-49(44)77(53)29-15-9-13-21-56(82)74-47(63(87)70-27-14-8-12-20-55(81)73-45(33-58(83)84)64(88)75-46(65(89)90)34-59(85)86)38-112-111-30-26-54(80)69-28-16-17-40-36-78(62-60(40)61(68)71-39-72-62)57-35-50(79)51(105-57)37-104-109(94,95)107-110(96,97)106-108(91,92)93/h7,10-11,18-19,22-25,31-32,36,39,45-47,50-51,57,79H,6,8-9,12-15,20-21,26-30,33-35,37-38H2,1-5H3,(H15-,68,69,70,71,72,73,74,75,80,81,82,83,84,85,86,87,88,89,90,91,92,93,94,95,96,97,98,99,100,101,102,103)/t45?,46?,47?,50?,51-,57-/m1/s1. The Balaban J connectivity index is 0.958. The van der Waals surface area contributed by atoms with Gasteiger partial charge in [-0.2, -0.15) is 21.6 Å². The van der Waals surface area contributed by atoms with E-state index >= 15 is 0 Å². The number of nitrogen functional groups attached to an aromatic ring is 1. The lowest BCUT2D eigenvalue weighted by atomic mass is 9.81. The number of ether oxygens (including phenoxy) is 1. The van der Waals surface area contributed by atoms with Gasteiger partial charge in [0.1, 0.15) is 64.9 Å². The third-order valence-corrected chi connectivity index (χ3v) is 25.9. The van der Waals surface area contributed by atoms with Gasteiger partial charge < -0.3 is 91.1 Å². The Hall–Kier alpha value is -8.28. The van der Waals surface area contributed by atoms with Crippen LogP contribution in [0.3, 0.4) is 0 Å². The van der Waals surface area contributed by atoms with Crippen molar-refractivity contribution in [3.63, 3.8) is 0 Å². The van der Waals surface area contributed by atoms with Gasteiger partial charge in [-0.25, -0.2) is 36.9 Å². The van der Waals surface area contributed by atoms with Crippen LogP contribution in [0.25, 0.3) is 11.0 Å². The van der Waals surface area contributed by atoms with Crippen LogP contribution in [0.5, 0.6) is 0 Å². The van der Waals surface area contributed by atoms with Gasteiger partial charge in [-0.15, -0.1) is 0 Å². The van der Waals surface area contributed by atoms with E-state index in [1.54, 1.807) is 12.1 Å². The molecule has 1 fully saturated rings. The normalized spacial score (nSPS) is 18.8. The molecule has 4 aromatic rings. The number of aromatic nitrogens is 3. The van der Waals surface area contributed by atoms with Crippen LogP contribution >= 0.6 is 45.1 Å². The summed E-state index contributed by atoms with van der Waals surface area (Å²) in [7, 11) is -24.0. The lowest BCUT2D eigenvalue weighted by Crippen LogP contribution is -2.52. The minimum atomic E-state index is -5.83. The number of nitrogens with zero attached hydrogens (tertiary/aromatic N) is 5. The number of allylic oxidation sites excluding steroid dienone is 6. The molecule has 16 N–H and O–H groups in total. The number of aliphatic carboxylic acids is 3. The third-order valence-electron chi connectivity index (χ3n) is 18.0. The summed E-state index contributed by atoms with van der Waals surface area (Å²) in [5.74, 6) is -2.36. The summed E-state index contributed by atoms with van der Waals surface area (Å²) in [4.78, 5) is 147. The second-order valence-electron chi connectivity index (χ2n) is 27.0. The summed E-state index contributed by atoms with van der Waals surface area (Å²) in [5.41, 5.74) is 9.54. The van der Waals surface area contributed by atoms with Gasteiger partial charge in [0.25, 0.3) is 10.1 Å². The van der Waals surface area contributed by atoms with E-state index in [0.29, 0.717) is 62.0 Å². The molecule has 0 bridgehead atoms. The van der Waals surface area contributed by atoms with Gasteiger partial charge in [0.05, 0.1) is 58.3 Å². The monoisotopic (exact) mass is 1730 g/mol. The van der Waals surface area contributed by atoms with Crippen LogP contribution in [0.1, 0.15) is 135 Å². The zero-order chi connectivity index (χ0) is 84.5. The fourth-order valence-electron chi connectivity index (χ4n) is 12.6. The fourth-order valence-corrected chi connectivity index (χ4v) is 18.8. The Morgan fingerprint density at radius 2 is 1.42 bits per heavy atom. The molecule has 40 nitrogen and oxygen atoms in total. The van der Waals surface area contributed by atoms with E-state index in [-0.39, 0.29) is 88.9 Å². The summed E-state index contributed by atoms with van der Waals surface area (Å²) in [6, 6.07) is 3.91. The second kappa shape index (κ2) is 40.0. The highest BCUT2D eigenvalue weighted by Gasteiger charge is 2.47. The molecule has 47 heteroatoms. The molecule has 3 aliphatic heterocycles. The predicted octanol–water partition coefficient (Wildman–Crippen LogP) is 4.01. The largest absolute Gasteiger partial charge is 0.744 e. The molecule has 5 amide bonds. The van der Waals surface area contributed by atoms with Crippen LogP contribution in [0, 0.1) is 11.8 Å². The molecule has 2 aromatic heterocycles. The first kappa shape index (κ1) is 92.9. The molecular formula is C67H88N11O29P3S4. The molecule has 114 heavy (non-hydrogen) atoms. The van der Waals surface area contributed by atoms with Gasteiger partial charge in [-0.05, 0) is 88.4 Å². The Morgan fingerprint density at radius 1 is 0.772 bits per heavy atom. The number of carboxylic acid groups (broad SMARTS) is 3. The first-order chi connectivity index (χ1) is 53.2. The number of hydrogen-bond acceptors (Lipinski definition) is 27. The van der Waals surface area contributed by atoms with Gasteiger partial charge in [-0.3, -0.25) is 42.6 Å². The lowest BCUT2D eigenvalue weighted by Gasteiger charge is -2.25. The van der Waals surface area contributed by atoms with Crippen molar-refractivity contribution in [1.29, 1.82) is 0 Å². The number of carboxylic acids is 3. The van der Waals surface area contributed by atoms with Crippen LogP contribution in [0.2, 0.25) is 0 Å². The number of amides is 5. The number of benzene rings is 2. The van der Waals surface area contributed by atoms with Crippen molar-refractivity contribution in [2.24, 2.45) is 0 Å². The maximum atomic E-state index is 13.9. The van der Waals surface area contributed by atoms with E-state index in [9.17, 15) is 103 Å². The minimum Gasteiger partial charge on any atom is -0.744 e. The second-order valence-corrected chi connectivity index (χ2v) is 36.9. The Bertz CT molecular complexity index is 4910. The molecule has 5 heterocycles. The van der Waals surface area contributed by atoms with Crippen molar-refractivity contribution in [1.82, 2.24) is 41.1 Å². The zero-order valence-corrected chi connectivity index (χ0v) is 67.8. The van der Waals surface area contributed by atoms with Crippen LogP contribution in [0.15, 0.2) is 94.8 Å². The van der Waals surface area contributed by atoms with E-state index in [1.807, 2.05) is 79.8 Å². The van der Waals surface area contributed by atoms with Crippen molar-refractivity contribution in [2.75, 3.05) is 54.9 Å². The molecule has 0 saturated carbocycles. The lowest BCUT2D eigenvalue weighted by molar-refractivity contribution is -0.438. The number of nitrogens with one attached hydrogen (secondary N) is 5. The molecule has 1 saturated heterocycles. The highest BCUT2D eigenvalue weighted by molar-refractivity contribution is 8.76. The summed E-state index contributed by atoms with van der Waals surface area (Å²) in [6.07, 6.45) is 7.70. The number of hydrogen-bond donors (Lipinski definition) is 15. The molecule has 3 aliphatic rings. The molecule has 2 aromatic carbocycles. The number of carbonyl (C=O) groups is 8. The van der Waals surface area contributed by atoms with Crippen LogP contribution in [0.4, 0.5) is 17.2 Å².